The van der Waals surface area contributed by atoms with Crippen molar-refractivity contribution in [3.63, 3.8) is 0 Å². The lowest BCUT2D eigenvalue weighted by atomic mass is 10.2. The molecule has 1 heterocycles. The van der Waals surface area contributed by atoms with Gasteiger partial charge in [0.15, 0.2) is 6.10 Å². The maximum Gasteiger partial charge on any atom is 0.265 e. The van der Waals surface area contributed by atoms with E-state index in [1.165, 1.54) is 36.4 Å². The Morgan fingerprint density at radius 1 is 1.12 bits per heavy atom. The third-order valence-corrected chi connectivity index (χ3v) is 5.12. The van der Waals surface area contributed by atoms with Crippen LogP contribution in [0, 0.1) is 0 Å². The third kappa shape index (κ3) is 3.43. The standard InChI is InChI=1S/C15H12Cl2N2O4S/c1-8-15(20)18-13-7-12(2-3-14(13)23-8)24(21,22)19-11-5-9(16)4-10(17)6-11/h2-8,19H,1H3,(H,18,20). The smallest absolute Gasteiger partial charge is 0.265 e. The van der Waals surface area contributed by atoms with Gasteiger partial charge in [-0.25, -0.2) is 8.42 Å². The Morgan fingerprint density at radius 3 is 2.46 bits per heavy atom. The van der Waals surface area contributed by atoms with Crippen LogP contribution in [0.2, 0.25) is 10.0 Å². The molecule has 1 amide bonds. The van der Waals surface area contributed by atoms with E-state index < -0.39 is 16.1 Å². The Hall–Kier alpha value is -1.96. The summed E-state index contributed by atoms with van der Waals surface area (Å²) in [4.78, 5) is 11.6. The molecule has 0 saturated carbocycles. The minimum absolute atomic E-state index is 0.0317. The molecule has 126 valence electrons. The number of fused-ring (bicyclic) bond motifs is 1. The van der Waals surface area contributed by atoms with Crippen LogP contribution < -0.4 is 14.8 Å². The first kappa shape index (κ1) is 16.9. The first-order valence-electron chi connectivity index (χ1n) is 6.85. The number of benzene rings is 2. The maximum absolute atomic E-state index is 12.5. The largest absolute Gasteiger partial charge is 0.479 e. The number of hydrogen-bond donors (Lipinski definition) is 2. The van der Waals surface area contributed by atoms with Gasteiger partial charge < -0.3 is 10.1 Å². The van der Waals surface area contributed by atoms with Gasteiger partial charge >= 0.3 is 0 Å². The van der Waals surface area contributed by atoms with Gasteiger partial charge in [-0.3, -0.25) is 9.52 Å². The molecule has 1 atom stereocenters. The van der Waals surface area contributed by atoms with E-state index in [-0.39, 0.29) is 16.5 Å². The Labute approximate surface area is 148 Å². The van der Waals surface area contributed by atoms with Crippen molar-refractivity contribution in [2.45, 2.75) is 17.9 Å². The Morgan fingerprint density at radius 2 is 1.79 bits per heavy atom. The number of carbonyl (C=O) groups excluding carboxylic acids is 1. The predicted octanol–water partition coefficient (Wildman–Crippen LogP) is 3.51. The normalized spacial score (nSPS) is 16.8. The quantitative estimate of drug-likeness (QED) is 0.844. The number of carbonyl (C=O) groups is 1. The van der Waals surface area contributed by atoms with Gasteiger partial charge in [-0.1, -0.05) is 23.2 Å². The molecule has 9 heteroatoms. The topological polar surface area (TPSA) is 84.5 Å². The summed E-state index contributed by atoms with van der Waals surface area (Å²) in [7, 11) is -3.89. The molecule has 0 bridgehead atoms. The van der Waals surface area contributed by atoms with E-state index in [1.807, 2.05) is 0 Å². The molecule has 3 rings (SSSR count). The van der Waals surface area contributed by atoms with Gasteiger partial charge in [0, 0.05) is 10.0 Å². The van der Waals surface area contributed by atoms with Crippen molar-refractivity contribution in [1.29, 1.82) is 0 Å². The second kappa shape index (κ2) is 6.16. The first-order chi connectivity index (χ1) is 11.2. The summed E-state index contributed by atoms with van der Waals surface area (Å²) in [5.41, 5.74) is 0.532. The van der Waals surface area contributed by atoms with Gasteiger partial charge in [0.1, 0.15) is 5.75 Å². The van der Waals surface area contributed by atoms with Crippen molar-refractivity contribution >= 4 is 50.5 Å². The summed E-state index contributed by atoms with van der Waals surface area (Å²) in [6.45, 7) is 1.60. The number of amides is 1. The number of sulfonamides is 1. The van der Waals surface area contributed by atoms with E-state index in [4.69, 9.17) is 27.9 Å². The monoisotopic (exact) mass is 386 g/mol. The van der Waals surface area contributed by atoms with Crippen molar-refractivity contribution < 1.29 is 17.9 Å². The van der Waals surface area contributed by atoms with Crippen molar-refractivity contribution in [3.8, 4) is 5.75 Å². The number of rotatable bonds is 3. The molecule has 0 fully saturated rings. The van der Waals surface area contributed by atoms with Crippen molar-refractivity contribution in [2.24, 2.45) is 0 Å². The van der Waals surface area contributed by atoms with Gasteiger partial charge in [0.25, 0.3) is 15.9 Å². The van der Waals surface area contributed by atoms with E-state index in [2.05, 4.69) is 10.0 Å². The highest BCUT2D eigenvalue weighted by atomic mass is 35.5. The Kier molecular flexibility index (Phi) is 4.33. The molecule has 2 N–H and O–H groups in total. The van der Waals surface area contributed by atoms with Crippen molar-refractivity contribution in [3.05, 3.63) is 46.4 Å². The molecule has 0 radical (unpaired) electrons. The van der Waals surface area contributed by atoms with Crippen LogP contribution >= 0.6 is 23.2 Å². The van der Waals surface area contributed by atoms with E-state index in [0.29, 0.717) is 21.5 Å². The summed E-state index contributed by atoms with van der Waals surface area (Å²) >= 11 is 11.7. The predicted molar refractivity (Wildman–Crippen MR) is 92.4 cm³/mol. The van der Waals surface area contributed by atoms with E-state index >= 15 is 0 Å². The highest BCUT2D eigenvalue weighted by Crippen LogP contribution is 2.32. The molecule has 1 aliphatic rings. The van der Waals surface area contributed by atoms with Gasteiger partial charge in [0.2, 0.25) is 0 Å². The summed E-state index contributed by atoms with van der Waals surface area (Å²) in [6.07, 6.45) is -0.633. The molecule has 2 aromatic carbocycles. The minimum atomic E-state index is -3.89. The van der Waals surface area contributed by atoms with E-state index in [1.54, 1.807) is 6.92 Å². The fourth-order valence-corrected chi connectivity index (χ4v) is 3.77. The Bertz CT molecular complexity index is 911. The summed E-state index contributed by atoms with van der Waals surface area (Å²) in [5, 5.41) is 3.22. The lowest BCUT2D eigenvalue weighted by molar-refractivity contribution is -0.122. The van der Waals surface area contributed by atoms with Crippen molar-refractivity contribution in [1.82, 2.24) is 0 Å². The fraction of sp³-hybridized carbons (Fsp3) is 0.133. The highest BCUT2D eigenvalue weighted by molar-refractivity contribution is 7.92. The molecule has 24 heavy (non-hydrogen) atoms. The highest BCUT2D eigenvalue weighted by Gasteiger charge is 2.25. The molecule has 0 aromatic heterocycles. The number of anilines is 2. The fourth-order valence-electron chi connectivity index (χ4n) is 2.18. The summed E-state index contributed by atoms with van der Waals surface area (Å²) < 4.78 is 32.8. The van der Waals surface area contributed by atoms with E-state index in [9.17, 15) is 13.2 Å². The molecule has 1 aliphatic heterocycles. The van der Waals surface area contributed by atoms with Gasteiger partial charge in [-0.2, -0.15) is 0 Å². The lowest BCUT2D eigenvalue weighted by Crippen LogP contribution is -2.34. The minimum Gasteiger partial charge on any atom is -0.479 e. The second-order valence-corrected chi connectivity index (χ2v) is 7.73. The molecular weight excluding hydrogens is 375 g/mol. The average molecular weight is 387 g/mol. The van der Waals surface area contributed by atoms with E-state index in [0.717, 1.165) is 0 Å². The van der Waals surface area contributed by atoms with Gasteiger partial charge in [-0.05, 0) is 43.3 Å². The molecule has 2 aromatic rings. The van der Waals surface area contributed by atoms with Crippen LogP contribution in [0.5, 0.6) is 5.75 Å². The van der Waals surface area contributed by atoms with Crippen LogP contribution in [0.4, 0.5) is 11.4 Å². The zero-order valence-corrected chi connectivity index (χ0v) is 14.7. The summed E-state index contributed by atoms with van der Waals surface area (Å²) in [5.74, 6) is 0.0680. The second-order valence-electron chi connectivity index (χ2n) is 5.17. The zero-order valence-electron chi connectivity index (χ0n) is 12.3. The zero-order chi connectivity index (χ0) is 17.5. The average Bonchev–Trinajstić information content (AvgIpc) is 2.46. The summed E-state index contributed by atoms with van der Waals surface area (Å²) in [6, 6.07) is 8.58. The van der Waals surface area contributed by atoms with Gasteiger partial charge in [0.05, 0.1) is 16.3 Å². The van der Waals surface area contributed by atoms with Crippen LogP contribution in [0.3, 0.4) is 0 Å². The van der Waals surface area contributed by atoms with Crippen LogP contribution in [0.15, 0.2) is 41.3 Å². The third-order valence-electron chi connectivity index (χ3n) is 3.31. The number of ether oxygens (including phenoxy) is 1. The molecular formula is C15H12Cl2N2O4S. The number of hydrogen-bond acceptors (Lipinski definition) is 4. The van der Waals surface area contributed by atoms with Crippen molar-refractivity contribution in [2.75, 3.05) is 10.0 Å². The van der Waals surface area contributed by atoms with Crippen LogP contribution in [-0.4, -0.2) is 20.4 Å². The number of halogens is 2. The van der Waals surface area contributed by atoms with Gasteiger partial charge in [-0.15, -0.1) is 0 Å². The van der Waals surface area contributed by atoms with Crippen LogP contribution in [0.1, 0.15) is 6.92 Å². The van der Waals surface area contributed by atoms with Crippen LogP contribution in [-0.2, 0) is 14.8 Å². The molecule has 0 saturated heterocycles. The SMILES string of the molecule is CC1Oc2ccc(S(=O)(=O)Nc3cc(Cl)cc(Cl)c3)cc2NC1=O. The first-order valence-corrected chi connectivity index (χ1v) is 9.09. The molecule has 0 spiro atoms. The molecule has 1 unspecified atom stereocenters. The lowest BCUT2D eigenvalue weighted by Gasteiger charge is -2.23. The Balaban J connectivity index is 1.93. The van der Waals surface area contributed by atoms with Crippen LogP contribution in [0.25, 0.3) is 0 Å². The molecule has 0 aliphatic carbocycles. The maximum atomic E-state index is 12.5. The molecule has 6 nitrogen and oxygen atoms in total. The number of nitrogens with one attached hydrogen (secondary N) is 2.